The highest BCUT2D eigenvalue weighted by atomic mass is 16.3. The van der Waals surface area contributed by atoms with Crippen molar-refractivity contribution in [3.8, 4) is 0 Å². The van der Waals surface area contributed by atoms with Crippen LogP contribution in [0.4, 0.5) is 5.69 Å². The van der Waals surface area contributed by atoms with Gasteiger partial charge in [0.1, 0.15) is 0 Å². The second kappa shape index (κ2) is 7.61. The Labute approximate surface area is 131 Å². The Hall–Kier alpha value is -2.33. The molecule has 0 aliphatic heterocycles. The summed E-state index contributed by atoms with van der Waals surface area (Å²) < 4.78 is 0. The summed E-state index contributed by atoms with van der Waals surface area (Å²) in [5.74, 6) is -0.0575. The molecule has 0 unspecified atom stereocenters. The first-order valence-corrected chi connectivity index (χ1v) is 7.45. The van der Waals surface area contributed by atoms with Gasteiger partial charge in [-0.05, 0) is 42.7 Å². The number of benzene rings is 2. The van der Waals surface area contributed by atoms with E-state index in [0.29, 0.717) is 18.7 Å². The van der Waals surface area contributed by atoms with E-state index >= 15 is 0 Å². The van der Waals surface area contributed by atoms with Crippen LogP contribution in [0.5, 0.6) is 0 Å². The predicted molar refractivity (Wildman–Crippen MR) is 88.9 cm³/mol. The molecule has 0 aromatic heterocycles. The number of amides is 1. The number of hydrogen-bond donors (Lipinski definition) is 3. The first-order chi connectivity index (χ1) is 10.6. The minimum absolute atomic E-state index is 0.0569. The standard InChI is InChI=1S/C18H22N2O2/c1-3-19-18(22)16-9-4-13(2)17(10-16)20-11-14-5-7-15(12-21)8-6-14/h4-10,20-21H,3,11-12H2,1-2H3,(H,19,22). The summed E-state index contributed by atoms with van der Waals surface area (Å²) in [6.07, 6.45) is 0. The number of nitrogens with one attached hydrogen (secondary N) is 2. The fraction of sp³-hybridized carbons (Fsp3) is 0.278. The second-order valence-electron chi connectivity index (χ2n) is 5.22. The number of aliphatic hydroxyl groups is 1. The summed E-state index contributed by atoms with van der Waals surface area (Å²) >= 11 is 0. The van der Waals surface area contributed by atoms with Gasteiger partial charge in [0.15, 0.2) is 0 Å². The van der Waals surface area contributed by atoms with E-state index in [1.165, 1.54) is 0 Å². The number of rotatable bonds is 6. The molecule has 3 N–H and O–H groups in total. The molecule has 22 heavy (non-hydrogen) atoms. The molecular weight excluding hydrogens is 276 g/mol. The van der Waals surface area contributed by atoms with Crippen molar-refractivity contribution in [2.75, 3.05) is 11.9 Å². The molecule has 1 amide bonds. The number of aryl methyl sites for hydroxylation is 1. The Morgan fingerprint density at radius 2 is 1.77 bits per heavy atom. The van der Waals surface area contributed by atoms with Crippen LogP contribution in [0.15, 0.2) is 42.5 Å². The summed E-state index contributed by atoms with van der Waals surface area (Å²) in [6, 6.07) is 13.5. The van der Waals surface area contributed by atoms with E-state index in [9.17, 15) is 4.79 Å². The maximum absolute atomic E-state index is 11.9. The maximum Gasteiger partial charge on any atom is 0.251 e. The Balaban J connectivity index is 2.07. The topological polar surface area (TPSA) is 61.4 Å². The molecule has 0 bridgehead atoms. The second-order valence-corrected chi connectivity index (χ2v) is 5.22. The summed E-state index contributed by atoms with van der Waals surface area (Å²) in [5.41, 5.74) is 4.73. The van der Waals surface area contributed by atoms with Crippen LogP contribution >= 0.6 is 0 Å². The molecule has 2 aromatic carbocycles. The van der Waals surface area contributed by atoms with Gasteiger partial charge in [-0.3, -0.25) is 4.79 Å². The Bertz CT molecular complexity index is 636. The highest BCUT2D eigenvalue weighted by molar-refractivity contribution is 5.95. The monoisotopic (exact) mass is 298 g/mol. The van der Waals surface area contributed by atoms with Crippen LogP contribution in [0, 0.1) is 6.92 Å². The quantitative estimate of drug-likeness (QED) is 0.768. The molecule has 0 spiro atoms. The van der Waals surface area contributed by atoms with E-state index in [-0.39, 0.29) is 12.5 Å². The lowest BCUT2D eigenvalue weighted by atomic mass is 10.1. The van der Waals surface area contributed by atoms with E-state index in [0.717, 1.165) is 22.4 Å². The van der Waals surface area contributed by atoms with Gasteiger partial charge < -0.3 is 15.7 Å². The predicted octanol–water partition coefficient (Wildman–Crippen LogP) is 2.85. The van der Waals surface area contributed by atoms with Gasteiger partial charge >= 0.3 is 0 Å². The van der Waals surface area contributed by atoms with Crippen LogP contribution in [0.2, 0.25) is 0 Å². The normalized spacial score (nSPS) is 10.3. The lowest BCUT2D eigenvalue weighted by Crippen LogP contribution is -2.22. The Morgan fingerprint density at radius 3 is 2.41 bits per heavy atom. The molecule has 0 atom stereocenters. The fourth-order valence-electron chi connectivity index (χ4n) is 2.18. The molecular formula is C18H22N2O2. The van der Waals surface area contributed by atoms with Gasteiger partial charge in [-0.1, -0.05) is 30.3 Å². The van der Waals surface area contributed by atoms with Crippen LogP contribution in [0.3, 0.4) is 0 Å². The van der Waals surface area contributed by atoms with Crippen LogP contribution in [-0.4, -0.2) is 17.6 Å². The Kier molecular flexibility index (Phi) is 5.55. The van der Waals surface area contributed by atoms with Crippen LogP contribution in [-0.2, 0) is 13.2 Å². The van der Waals surface area contributed by atoms with Crippen molar-refractivity contribution in [1.82, 2.24) is 5.32 Å². The molecule has 116 valence electrons. The molecule has 0 aliphatic rings. The van der Waals surface area contributed by atoms with Gasteiger partial charge in [-0.25, -0.2) is 0 Å². The minimum Gasteiger partial charge on any atom is -0.392 e. The third-order valence-corrected chi connectivity index (χ3v) is 3.53. The molecule has 0 saturated heterocycles. The summed E-state index contributed by atoms with van der Waals surface area (Å²) in [5, 5.41) is 15.2. The third kappa shape index (κ3) is 4.09. The molecule has 0 fully saturated rings. The van der Waals surface area contributed by atoms with Crippen molar-refractivity contribution < 1.29 is 9.90 Å². The zero-order valence-electron chi connectivity index (χ0n) is 13.0. The maximum atomic E-state index is 11.9. The van der Waals surface area contributed by atoms with E-state index in [2.05, 4.69) is 10.6 Å². The lowest BCUT2D eigenvalue weighted by molar-refractivity contribution is 0.0956. The van der Waals surface area contributed by atoms with Crippen LogP contribution < -0.4 is 10.6 Å². The molecule has 4 heteroatoms. The number of anilines is 1. The number of carbonyl (C=O) groups is 1. The van der Waals surface area contributed by atoms with Gasteiger partial charge in [0.05, 0.1) is 6.61 Å². The molecule has 2 rings (SSSR count). The molecule has 0 aliphatic carbocycles. The summed E-state index contributed by atoms with van der Waals surface area (Å²) in [6.45, 7) is 5.26. The van der Waals surface area contributed by atoms with Gasteiger partial charge in [0, 0.05) is 24.3 Å². The van der Waals surface area contributed by atoms with Gasteiger partial charge in [-0.15, -0.1) is 0 Å². The molecule has 4 nitrogen and oxygen atoms in total. The highest BCUT2D eigenvalue weighted by Crippen LogP contribution is 2.18. The SMILES string of the molecule is CCNC(=O)c1ccc(C)c(NCc2ccc(CO)cc2)c1. The molecule has 0 heterocycles. The third-order valence-electron chi connectivity index (χ3n) is 3.53. The van der Waals surface area contributed by atoms with Crippen molar-refractivity contribution >= 4 is 11.6 Å². The van der Waals surface area contributed by atoms with Crippen molar-refractivity contribution in [3.05, 3.63) is 64.7 Å². The largest absolute Gasteiger partial charge is 0.392 e. The number of carbonyl (C=O) groups excluding carboxylic acids is 1. The average Bonchev–Trinajstić information content (AvgIpc) is 2.54. The number of hydrogen-bond acceptors (Lipinski definition) is 3. The fourth-order valence-corrected chi connectivity index (χ4v) is 2.18. The average molecular weight is 298 g/mol. The first-order valence-electron chi connectivity index (χ1n) is 7.45. The molecule has 2 aromatic rings. The van der Waals surface area contributed by atoms with E-state index in [1.54, 1.807) is 0 Å². The number of aliphatic hydroxyl groups excluding tert-OH is 1. The highest BCUT2D eigenvalue weighted by Gasteiger charge is 2.07. The lowest BCUT2D eigenvalue weighted by Gasteiger charge is -2.12. The van der Waals surface area contributed by atoms with Crippen molar-refractivity contribution in [1.29, 1.82) is 0 Å². The van der Waals surface area contributed by atoms with Crippen molar-refractivity contribution in [3.63, 3.8) is 0 Å². The molecule has 0 radical (unpaired) electrons. The van der Waals surface area contributed by atoms with Gasteiger partial charge in [0.2, 0.25) is 0 Å². The Morgan fingerprint density at radius 1 is 1.09 bits per heavy atom. The van der Waals surface area contributed by atoms with E-state index in [4.69, 9.17) is 5.11 Å². The zero-order chi connectivity index (χ0) is 15.9. The summed E-state index contributed by atoms with van der Waals surface area (Å²) in [7, 11) is 0. The van der Waals surface area contributed by atoms with Gasteiger partial charge in [-0.2, -0.15) is 0 Å². The molecule has 0 saturated carbocycles. The minimum atomic E-state index is -0.0575. The zero-order valence-corrected chi connectivity index (χ0v) is 13.0. The van der Waals surface area contributed by atoms with Crippen molar-refractivity contribution in [2.45, 2.75) is 27.0 Å². The van der Waals surface area contributed by atoms with Gasteiger partial charge in [0.25, 0.3) is 5.91 Å². The van der Waals surface area contributed by atoms with Crippen LogP contribution in [0.1, 0.15) is 34.0 Å². The van der Waals surface area contributed by atoms with E-state index in [1.807, 2.05) is 56.3 Å². The first kappa shape index (κ1) is 16.0. The van der Waals surface area contributed by atoms with Crippen molar-refractivity contribution in [2.24, 2.45) is 0 Å². The smallest absolute Gasteiger partial charge is 0.251 e. The van der Waals surface area contributed by atoms with Crippen LogP contribution in [0.25, 0.3) is 0 Å². The summed E-state index contributed by atoms with van der Waals surface area (Å²) in [4.78, 5) is 11.9. The van der Waals surface area contributed by atoms with E-state index < -0.39 is 0 Å².